The van der Waals surface area contributed by atoms with E-state index in [1.807, 2.05) is 20.0 Å². The first-order valence-corrected chi connectivity index (χ1v) is 6.24. The van der Waals surface area contributed by atoms with Gasteiger partial charge in [0.2, 0.25) is 0 Å². The fourth-order valence-electron chi connectivity index (χ4n) is 2.49. The zero-order valence-corrected chi connectivity index (χ0v) is 10.8. The number of rotatable bonds is 4. The van der Waals surface area contributed by atoms with Gasteiger partial charge in [0.1, 0.15) is 0 Å². The van der Waals surface area contributed by atoms with Crippen LogP contribution in [0.5, 0.6) is 0 Å². The molecule has 1 unspecified atom stereocenters. The summed E-state index contributed by atoms with van der Waals surface area (Å²) in [6, 6.07) is 5.87. The highest BCUT2D eigenvalue weighted by Gasteiger charge is 2.22. The van der Waals surface area contributed by atoms with Crippen molar-refractivity contribution in [3.63, 3.8) is 0 Å². The Morgan fingerprint density at radius 3 is 2.94 bits per heavy atom. The van der Waals surface area contributed by atoms with Crippen LogP contribution in [0.3, 0.4) is 0 Å². The average Bonchev–Trinajstić information content (AvgIpc) is 2.79. The molecule has 2 rings (SSSR count). The van der Waals surface area contributed by atoms with Gasteiger partial charge in [0.15, 0.2) is 0 Å². The summed E-state index contributed by atoms with van der Waals surface area (Å²) in [5, 5.41) is 14.2. The third kappa shape index (κ3) is 2.68. The van der Waals surface area contributed by atoms with E-state index in [0.717, 1.165) is 37.2 Å². The molecule has 5 nitrogen and oxygen atoms in total. The standard InChI is InChI=1S/C13H19N3O2/c1-10-11(4-3-5-13(10)16(17)18)8-15-7-6-12(9-15)14-2/h3-5,12,14H,6-9H2,1-2H3. The highest BCUT2D eigenvalue weighted by molar-refractivity contribution is 5.44. The van der Waals surface area contributed by atoms with Crippen LogP contribution in [0.15, 0.2) is 18.2 Å². The second-order valence-electron chi connectivity index (χ2n) is 4.83. The molecule has 0 aromatic heterocycles. The highest BCUT2D eigenvalue weighted by atomic mass is 16.6. The molecule has 0 spiro atoms. The maximum absolute atomic E-state index is 10.9. The van der Waals surface area contributed by atoms with E-state index in [1.54, 1.807) is 12.1 Å². The number of nitro benzene ring substituents is 1. The fourth-order valence-corrected chi connectivity index (χ4v) is 2.49. The Morgan fingerprint density at radius 2 is 2.33 bits per heavy atom. The quantitative estimate of drug-likeness (QED) is 0.651. The van der Waals surface area contributed by atoms with Crippen molar-refractivity contribution in [3.05, 3.63) is 39.4 Å². The first-order valence-electron chi connectivity index (χ1n) is 6.24. The first-order chi connectivity index (χ1) is 8.61. The van der Waals surface area contributed by atoms with Gasteiger partial charge in [-0.15, -0.1) is 0 Å². The van der Waals surface area contributed by atoms with Crippen LogP contribution in [0.4, 0.5) is 5.69 Å². The largest absolute Gasteiger partial charge is 0.316 e. The molecule has 0 amide bonds. The maximum atomic E-state index is 10.9. The van der Waals surface area contributed by atoms with Crippen LogP contribution in [0, 0.1) is 17.0 Å². The van der Waals surface area contributed by atoms with Gasteiger partial charge in [-0.05, 0) is 26.0 Å². The van der Waals surface area contributed by atoms with Gasteiger partial charge in [-0.3, -0.25) is 15.0 Å². The lowest BCUT2D eigenvalue weighted by Gasteiger charge is -2.17. The van der Waals surface area contributed by atoms with E-state index in [9.17, 15) is 10.1 Å². The van der Waals surface area contributed by atoms with Crippen LogP contribution in [0.1, 0.15) is 17.5 Å². The van der Waals surface area contributed by atoms with Crippen LogP contribution >= 0.6 is 0 Å². The Hall–Kier alpha value is -1.46. The lowest BCUT2D eigenvalue weighted by Crippen LogP contribution is -2.29. The smallest absolute Gasteiger partial charge is 0.272 e. The molecule has 1 aromatic rings. The lowest BCUT2D eigenvalue weighted by molar-refractivity contribution is -0.385. The second kappa shape index (κ2) is 5.46. The van der Waals surface area contributed by atoms with Gasteiger partial charge in [0.25, 0.3) is 5.69 Å². The summed E-state index contributed by atoms with van der Waals surface area (Å²) < 4.78 is 0. The Bertz CT molecular complexity index is 448. The molecule has 1 atom stereocenters. The number of nitrogens with zero attached hydrogens (tertiary/aromatic N) is 2. The number of likely N-dealkylation sites (N-methyl/N-ethyl adjacent to an activating group) is 1. The summed E-state index contributed by atoms with van der Waals surface area (Å²) in [5.74, 6) is 0. The summed E-state index contributed by atoms with van der Waals surface area (Å²) in [6.07, 6.45) is 1.14. The van der Waals surface area contributed by atoms with Gasteiger partial charge >= 0.3 is 0 Å². The molecule has 1 aliphatic heterocycles. The third-order valence-corrected chi connectivity index (χ3v) is 3.69. The van der Waals surface area contributed by atoms with Gasteiger partial charge in [-0.25, -0.2) is 0 Å². The number of hydrogen-bond donors (Lipinski definition) is 1. The summed E-state index contributed by atoms with van der Waals surface area (Å²) in [5.41, 5.74) is 2.06. The van der Waals surface area contributed by atoms with Crippen LogP contribution in [0.2, 0.25) is 0 Å². The molecular formula is C13H19N3O2. The van der Waals surface area contributed by atoms with E-state index in [-0.39, 0.29) is 10.6 Å². The number of nitro groups is 1. The molecule has 98 valence electrons. The van der Waals surface area contributed by atoms with Crippen molar-refractivity contribution in [3.8, 4) is 0 Å². The molecule has 1 N–H and O–H groups in total. The van der Waals surface area contributed by atoms with Gasteiger partial charge in [0, 0.05) is 37.3 Å². The molecule has 0 aliphatic carbocycles. The van der Waals surface area contributed by atoms with Crippen molar-refractivity contribution in [2.45, 2.75) is 25.9 Å². The van der Waals surface area contributed by atoms with Crippen molar-refractivity contribution >= 4 is 5.69 Å². The molecule has 0 saturated carbocycles. The van der Waals surface area contributed by atoms with Crippen molar-refractivity contribution < 1.29 is 4.92 Å². The average molecular weight is 249 g/mol. The zero-order chi connectivity index (χ0) is 13.1. The van der Waals surface area contributed by atoms with E-state index in [4.69, 9.17) is 0 Å². The molecule has 1 aromatic carbocycles. The van der Waals surface area contributed by atoms with Crippen LogP contribution in [-0.2, 0) is 6.54 Å². The molecule has 5 heteroatoms. The van der Waals surface area contributed by atoms with Gasteiger partial charge in [-0.1, -0.05) is 12.1 Å². The minimum Gasteiger partial charge on any atom is -0.316 e. The molecule has 1 saturated heterocycles. The second-order valence-corrected chi connectivity index (χ2v) is 4.83. The third-order valence-electron chi connectivity index (χ3n) is 3.69. The minimum absolute atomic E-state index is 0.219. The first kappa shape index (κ1) is 13.0. The monoisotopic (exact) mass is 249 g/mol. The summed E-state index contributed by atoms with van der Waals surface area (Å²) in [6.45, 7) is 4.69. The number of hydrogen-bond acceptors (Lipinski definition) is 4. The van der Waals surface area contributed by atoms with Crippen LogP contribution in [-0.4, -0.2) is 36.0 Å². The van der Waals surface area contributed by atoms with Crippen molar-refractivity contribution in [1.29, 1.82) is 0 Å². The maximum Gasteiger partial charge on any atom is 0.272 e. The van der Waals surface area contributed by atoms with E-state index in [0.29, 0.717) is 6.04 Å². The Kier molecular flexibility index (Phi) is 3.93. The SMILES string of the molecule is CNC1CCN(Cc2cccc([N+](=O)[O-])c2C)C1. The fraction of sp³-hybridized carbons (Fsp3) is 0.538. The van der Waals surface area contributed by atoms with Crippen molar-refractivity contribution in [2.75, 3.05) is 20.1 Å². The summed E-state index contributed by atoms with van der Waals surface area (Å²) >= 11 is 0. The van der Waals surface area contributed by atoms with Gasteiger partial charge in [0.05, 0.1) is 4.92 Å². The van der Waals surface area contributed by atoms with Crippen molar-refractivity contribution in [2.24, 2.45) is 0 Å². The highest BCUT2D eigenvalue weighted by Crippen LogP contribution is 2.23. The van der Waals surface area contributed by atoms with Crippen molar-refractivity contribution in [1.82, 2.24) is 10.2 Å². The Balaban J connectivity index is 2.10. The molecule has 1 fully saturated rings. The number of benzene rings is 1. The van der Waals surface area contributed by atoms with Gasteiger partial charge in [-0.2, -0.15) is 0 Å². The molecule has 1 heterocycles. The predicted octanol–water partition coefficient (Wildman–Crippen LogP) is 1.70. The topological polar surface area (TPSA) is 58.4 Å². The Labute approximate surface area is 107 Å². The number of likely N-dealkylation sites (tertiary alicyclic amines) is 1. The molecule has 0 radical (unpaired) electrons. The van der Waals surface area contributed by atoms with E-state index < -0.39 is 0 Å². The summed E-state index contributed by atoms with van der Waals surface area (Å²) in [4.78, 5) is 12.9. The summed E-state index contributed by atoms with van der Waals surface area (Å²) in [7, 11) is 1.98. The van der Waals surface area contributed by atoms with E-state index in [1.165, 1.54) is 0 Å². The molecule has 18 heavy (non-hydrogen) atoms. The zero-order valence-electron chi connectivity index (χ0n) is 10.8. The van der Waals surface area contributed by atoms with E-state index >= 15 is 0 Å². The Morgan fingerprint density at radius 1 is 1.56 bits per heavy atom. The van der Waals surface area contributed by atoms with Gasteiger partial charge < -0.3 is 5.32 Å². The van der Waals surface area contributed by atoms with Crippen LogP contribution in [0.25, 0.3) is 0 Å². The lowest BCUT2D eigenvalue weighted by atomic mass is 10.1. The molecule has 1 aliphatic rings. The predicted molar refractivity (Wildman–Crippen MR) is 70.6 cm³/mol. The normalized spacial score (nSPS) is 20.2. The van der Waals surface area contributed by atoms with E-state index in [2.05, 4.69) is 10.2 Å². The molecule has 0 bridgehead atoms. The molecular weight excluding hydrogens is 230 g/mol. The minimum atomic E-state index is -0.306. The van der Waals surface area contributed by atoms with Crippen LogP contribution < -0.4 is 5.32 Å². The number of nitrogens with one attached hydrogen (secondary N) is 1.